The summed E-state index contributed by atoms with van der Waals surface area (Å²) in [5.74, 6) is 0. The van der Waals surface area contributed by atoms with Crippen LogP contribution in [0.15, 0.2) is 42.7 Å². The Morgan fingerprint density at radius 3 is 2.61 bits per heavy atom. The van der Waals surface area contributed by atoms with E-state index in [1.165, 1.54) is 22.3 Å². The molecule has 0 aliphatic heterocycles. The first-order valence-electron chi connectivity index (χ1n) is 6.40. The molecule has 0 atom stereocenters. The number of hydrogen-bond donors (Lipinski definition) is 1. The lowest BCUT2D eigenvalue weighted by atomic mass is 9.97. The zero-order chi connectivity index (χ0) is 13.0. The smallest absolute Gasteiger partial charge is 0.0349 e. The molecule has 0 spiro atoms. The van der Waals surface area contributed by atoms with Crippen LogP contribution in [0.3, 0.4) is 0 Å². The predicted octanol–water partition coefficient (Wildman–Crippen LogP) is 3.56. The first-order valence-corrected chi connectivity index (χ1v) is 6.40. The first kappa shape index (κ1) is 12.8. The summed E-state index contributed by atoms with van der Waals surface area (Å²) in [7, 11) is 0. The van der Waals surface area contributed by atoms with Crippen LogP contribution >= 0.6 is 0 Å². The molecule has 2 nitrogen and oxygen atoms in total. The number of benzene rings is 1. The second-order valence-electron chi connectivity index (χ2n) is 4.88. The summed E-state index contributed by atoms with van der Waals surface area (Å²) in [4.78, 5) is 4.24. The molecule has 0 radical (unpaired) electrons. The fraction of sp³-hybridized carbons (Fsp3) is 0.312. The molecule has 0 aliphatic rings. The molecule has 18 heavy (non-hydrogen) atoms. The number of nitrogens with one attached hydrogen (secondary N) is 1. The Kier molecular flexibility index (Phi) is 4.11. The van der Waals surface area contributed by atoms with E-state index in [1.807, 2.05) is 12.4 Å². The molecule has 0 saturated carbocycles. The first-order chi connectivity index (χ1) is 8.68. The van der Waals surface area contributed by atoms with Crippen molar-refractivity contribution < 1.29 is 0 Å². The summed E-state index contributed by atoms with van der Waals surface area (Å²) in [6.45, 7) is 7.35. The van der Waals surface area contributed by atoms with E-state index in [4.69, 9.17) is 0 Å². The van der Waals surface area contributed by atoms with E-state index in [1.54, 1.807) is 0 Å². The Bertz CT molecular complexity index is 518. The standard InChI is InChI=1S/C16H20N2/c1-12(2)18-10-14-6-4-5-7-15(14)16-11-17-9-8-13(16)3/h4-9,11-12,18H,10H2,1-3H3. The number of aryl methyl sites for hydroxylation is 1. The van der Waals surface area contributed by atoms with Crippen LogP contribution in [-0.4, -0.2) is 11.0 Å². The maximum atomic E-state index is 4.24. The van der Waals surface area contributed by atoms with Crippen LogP contribution in [0.2, 0.25) is 0 Å². The Hall–Kier alpha value is -1.67. The molecule has 0 aliphatic carbocycles. The highest BCUT2D eigenvalue weighted by atomic mass is 14.9. The minimum atomic E-state index is 0.494. The van der Waals surface area contributed by atoms with Gasteiger partial charge in [-0.25, -0.2) is 0 Å². The molecule has 0 amide bonds. The zero-order valence-corrected chi connectivity index (χ0v) is 11.3. The van der Waals surface area contributed by atoms with Crippen molar-refractivity contribution in [3.63, 3.8) is 0 Å². The van der Waals surface area contributed by atoms with Gasteiger partial charge in [0.1, 0.15) is 0 Å². The van der Waals surface area contributed by atoms with Crippen LogP contribution in [0.5, 0.6) is 0 Å². The molecule has 0 saturated heterocycles. The molecule has 94 valence electrons. The van der Waals surface area contributed by atoms with Gasteiger partial charge in [-0.3, -0.25) is 4.98 Å². The normalized spacial score (nSPS) is 10.9. The minimum absolute atomic E-state index is 0.494. The second kappa shape index (κ2) is 5.78. The predicted molar refractivity (Wildman–Crippen MR) is 76.4 cm³/mol. The minimum Gasteiger partial charge on any atom is -0.310 e. The van der Waals surface area contributed by atoms with E-state index in [2.05, 4.69) is 61.4 Å². The van der Waals surface area contributed by atoms with E-state index in [0.717, 1.165) is 6.54 Å². The average Bonchev–Trinajstić information content (AvgIpc) is 2.37. The van der Waals surface area contributed by atoms with Gasteiger partial charge in [-0.15, -0.1) is 0 Å². The van der Waals surface area contributed by atoms with E-state index in [9.17, 15) is 0 Å². The zero-order valence-electron chi connectivity index (χ0n) is 11.3. The summed E-state index contributed by atoms with van der Waals surface area (Å²) < 4.78 is 0. The highest BCUT2D eigenvalue weighted by Crippen LogP contribution is 2.25. The van der Waals surface area contributed by atoms with Crippen molar-refractivity contribution in [2.45, 2.75) is 33.4 Å². The molecule has 1 aromatic heterocycles. The average molecular weight is 240 g/mol. The molecule has 2 rings (SSSR count). The van der Waals surface area contributed by atoms with Crippen LogP contribution in [0, 0.1) is 6.92 Å². The fourth-order valence-electron chi connectivity index (χ4n) is 2.00. The lowest BCUT2D eigenvalue weighted by Gasteiger charge is -2.13. The largest absolute Gasteiger partial charge is 0.310 e. The lowest BCUT2D eigenvalue weighted by molar-refractivity contribution is 0.589. The SMILES string of the molecule is Cc1ccncc1-c1ccccc1CNC(C)C. The lowest BCUT2D eigenvalue weighted by Crippen LogP contribution is -2.22. The molecule has 1 N–H and O–H groups in total. The van der Waals surface area contributed by atoms with Crippen molar-refractivity contribution in [2.75, 3.05) is 0 Å². The second-order valence-corrected chi connectivity index (χ2v) is 4.88. The topological polar surface area (TPSA) is 24.9 Å². The van der Waals surface area contributed by atoms with Crippen molar-refractivity contribution in [1.82, 2.24) is 10.3 Å². The van der Waals surface area contributed by atoms with Crippen LogP contribution < -0.4 is 5.32 Å². The molecular formula is C16H20N2. The summed E-state index contributed by atoms with van der Waals surface area (Å²) in [6, 6.07) is 11.1. The maximum absolute atomic E-state index is 4.24. The third-order valence-corrected chi connectivity index (χ3v) is 3.05. The van der Waals surface area contributed by atoms with E-state index in [-0.39, 0.29) is 0 Å². The van der Waals surface area contributed by atoms with Crippen LogP contribution in [0.25, 0.3) is 11.1 Å². The van der Waals surface area contributed by atoms with E-state index in [0.29, 0.717) is 6.04 Å². The summed E-state index contributed by atoms with van der Waals surface area (Å²) in [6.07, 6.45) is 3.79. The van der Waals surface area contributed by atoms with E-state index >= 15 is 0 Å². The van der Waals surface area contributed by atoms with Gasteiger partial charge >= 0.3 is 0 Å². The Labute approximate surface area is 109 Å². The Balaban J connectivity index is 2.36. The third kappa shape index (κ3) is 2.96. The van der Waals surface area contributed by atoms with Gasteiger partial charge in [0.25, 0.3) is 0 Å². The van der Waals surface area contributed by atoms with Crippen molar-refractivity contribution in [3.05, 3.63) is 53.9 Å². The van der Waals surface area contributed by atoms with Crippen LogP contribution in [0.4, 0.5) is 0 Å². The highest BCUT2D eigenvalue weighted by Gasteiger charge is 2.07. The molecule has 0 unspecified atom stereocenters. The third-order valence-electron chi connectivity index (χ3n) is 3.05. The van der Waals surface area contributed by atoms with Crippen molar-refractivity contribution in [3.8, 4) is 11.1 Å². The Morgan fingerprint density at radius 1 is 1.11 bits per heavy atom. The van der Waals surface area contributed by atoms with Gasteiger partial charge in [-0.1, -0.05) is 38.1 Å². The molecule has 1 heterocycles. The van der Waals surface area contributed by atoms with Crippen molar-refractivity contribution >= 4 is 0 Å². The highest BCUT2D eigenvalue weighted by molar-refractivity contribution is 5.69. The van der Waals surface area contributed by atoms with Gasteiger partial charge in [-0.05, 0) is 29.7 Å². The maximum Gasteiger partial charge on any atom is 0.0349 e. The van der Waals surface area contributed by atoms with Gasteiger partial charge in [0.15, 0.2) is 0 Å². The van der Waals surface area contributed by atoms with Gasteiger partial charge in [-0.2, -0.15) is 0 Å². The van der Waals surface area contributed by atoms with Gasteiger partial charge in [0.05, 0.1) is 0 Å². The summed E-state index contributed by atoms with van der Waals surface area (Å²) in [5.41, 5.74) is 5.08. The van der Waals surface area contributed by atoms with Crippen LogP contribution in [-0.2, 0) is 6.54 Å². The molecule has 1 aromatic carbocycles. The molecule has 2 aromatic rings. The van der Waals surface area contributed by atoms with Gasteiger partial charge in [0.2, 0.25) is 0 Å². The van der Waals surface area contributed by atoms with Crippen molar-refractivity contribution in [2.24, 2.45) is 0 Å². The number of rotatable bonds is 4. The number of nitrogens with zero attached hydrogens (tertiary/aromatic N) is 1. The van der Waals surface area contributed by atoms with Gasteiger partial charge in [0, 0.05) is 30.5 Å². The number of aromatic nitrogens is 1. The number of pyridine rings is 1. The van der Waals surface area contributed by atoms with Gasteiger partial charge < -0.3 is 5.32 Å². The number of hydrogen-bond acceptors (Lipinski definition) is 2. The van der Waals surface area contributed by atoms with Crippen LogP contribution in [0.1, 0.15) is 25.0 Å². The van der Waals surface area contributed by atoms with Crippen molar-refractivity contribution in [1.29, 1.82) is 0 Å². The molecular weight excluding hydrogens is 220 g/mol. The Morgan fingerprint density at radius 2 is 1.89 bits per heavy atom. The summed E-state index contributed by atoms with van der Waals surface area (Å²) in [5, 5.41) is 3.47. The van der Waals surface area contributed by atoms with E-state index < -0.39 is 0 Å². The quantitative estimate of drug-likeness (QED) is 0.884. The monoisotopic (exact) mass is 240 g/mol. The molecule has 2 heteroatoms. The molecule has 0 bridgehead atoms. The summed E-state index contributed by atoms with van der Waals surface area (Å²) >= 11 is 0. The molecule has 0 fully saturated rings. The fourth-order valence-corrected chi connectivity index (χ4v) is 2.00.